The molecule has 1 saturated heterocycles. The number of nitrogens with zero attached hydrogens (tertiary/aromatic N) is 2. The molecule has 35 heavy (non-hydrogen) atoms. The molecule has 1 aromatic heterocycles. The Balaban J connectivity index is 1.43. The zero-order chi connectivity index (χ0) is 24.9. The zero-order valence-corrected chi connectivity index (χ0v) is 20.3. The van der Waals surface area contributed by atoms with Crippen LogP contribution in [0.15, 0.2) is 53.1 Å². The second kappa shape index (κ2) is 10.7. The summed E-state index contributed by atoms with van der Waals surface area (Å²) in [6, 6.07) is 14.6. The second-order valence-corrected chi connectivity index (χ2v) is 8.93. The Bertz CT molecular complexity index is 1170. The fourth-order valence-electron chi connectivity index (χ4n) is 4.90. The number of rotatable bonds is 7. The molecular formula is C27H31FN4O3. The van der Waals surface area contributed by atoms with E-state index in [0.29, 0.717) is 48.0 Å². The molecule has 1 atom stereocenters. The lowest BCUT2D eigenvalue weighted by Crippen LogP contribution is -2.40. The molecule has 0 spiro atoms. The van der Waals surface area contributed by atoms with Gasteiger partial charge in [0.05, 0.1) is 17.3 Å². The minimum atomic E-state index is -0.400. The number of aromatic nitrogens is 1. The van der Waals surface area contributed by atoms with E-state index in [9.17, 15) is 9.59 Å². The van der Waals surface area contributed by atoms with Gasteiger partial charge in [-0.25, -0.2) is 4.39 Å². The van der Waals surface area contributed by atoms with E-state index in [2.05, 4.69) is 15.8 Å². The number of piperidine rings is 1. The van der Waals surface area contributed by atoms with E-state index < -0.39 is 5.82 Å². The van der Waals surface area contributed by atoms with Gasteiger partial charge in [-0.1, -0.05) is 35.5 Å². The Morgan fingerprint density at radius 3 is 2.46 bits per heavy atom. The molecule has 2 amide bonds. The number of nitrogens with one attached hydrogen (secondary N) is 2. The molecule has 1 fully saturated rings. The van der Waals surface area contributed by atoms with Crippen LogP contribution in [0.3, 0.4) is 0 Å². The first-order valence-corrected chi connectivity index (χ1v) is 12.0. The number of amides is 2. The van der Waals surface area contributed by atoms with Crippen LogP contribution in [0.5, 0.6) is 0 Å². The standard InChI is InChI=1S/C27H31FN4O3/c1-4-29-26(33)25(19-8-6-5-7-9-19)20-12-14-32(15-13-20)23-11-10-21(16-22(23)28)30-27(34)24-17(2)31-35-18(24)3/h5-11,16,20,25H,4,12-15H2,1-3H3,(H,29,33)(H,30,34). The Hall–Kier alpha value is -3.68. The van der Waals surface area contributed by atoms with Crippen LogP contribution >= 0.6 is 0 Å². The van der Waals surface area contributed by atoms with Gasteiger partial charge in [0.25, 0.3) is 5.91 Å². The lowest BCUT2D eigenvalue weighted by atomic mass is 9.79. The van der Waals surface area contributed by atoms with Gasteiger partial charge < -0.3 is 20.1 Å². The molecule has 1 aliphatic heterocycles. The van der Waals surface area contributed by atoms with Gasteiger partial charge in [0.15, 0.2) is 0 Å². The summed E-state index contributed by atoms with van der Waals surface area (Å²) in [6.07, 6.45) is 1.56. The third-order valence-corrected chi connectivity index (χ3v) is 6.61. The summed E-state index contributed by atoms with van der Waals surface area (Å²) in [5.74, 6) is -0.361. The van der Waals surface area contributed by atoms with Gasteiger partial charge in [0.1, 0.15) is 17.1 Å². The molecule has 0 saturated carbocycles. The van der Waals surface area contributed by atoms with Crippen molar-refractivity contribution in [2.75, 3.05) is 29.9 Å². The van der Waals surface area contributed by atoms with Crippen molar-refractivity contribution in [1.29, 1.82) is 0 Å². The SMILES string of the molecule is CCNC(=O)C(c1ccccc1)C1CCN(c2ccc(NC(=O)c3c(C)noc3C)cc2F)CC1. The van der Waals surface area contributed by atoms with E-state index in [1.807, 2.05) is 42.2 Å². The van der Waals surface area contributed by atoms with Gasteiger partial charge in [0.2, 0.25) is 5.91 Å². The van der Waals surface area contributed by atoms with Crippen LogP contribution in [-0.4, -0.2) is 36.6 Å². The molecule has 2 aromatic carbocycles. The number of benzene rings is 2. The third kappa shape index (κ3) is 5.37. The molecule has 0 bridgehead atoms. The van der Waals surface area contributed by atoms with E-state index in [0.717, 1.165) is 18.4 Å². The van der Waals surface area contributed by atoms with Crippen molar-refractivity contribution in [3.8, 4) is 0 Å². The van der Waals surface area contributed by atoms with Crippen LogP contribution in [0.25, 0.3) is 0 Å². The summed E-state index contributed by atoms with van der Waals surface area (Å²) >= 11 is 0. The third-order valence-electron chi connectivity index (χ3n) is 6.61. The first-order valence-electron chi connectivity index (χ1n) is 12.0. The molecule has 4 rings (SSSR count). The van der Waals surface area contributed by atoms with E-state index in [4.69, 9.17) is 4.52 Å². The average Bonchev–Trinajstić information content (AvgIpc) is 3.19. The minimum absolute atomic E-state index is 0.0433. The van der Waals surface area contributed by atoms with Crippen molar-refractivity contribution in [1.82, 2.24) is 10.5 Å². The highest BCUT2D eigenvalue weighted by atomic mass is 19.1. The van der Waals surface area contributed by atoms with Crippen molar-refractivity contribution < 1.29 is 18.5 Å². The highest BCUT2D eigenvalue weighted by Gasteiger charge is 2.33. The molecule has 2 heterocycles. The fourth-order valence-corrected chi connectivity index (χ4v) is 4.90. The van der Waals surface area contributed by atoms with Crippen LogP contribution < -0.4 is 15.5 Å². The van der Waals surface area contributed by atoms with Crippen molar-refractivity contribution in [3.05, 3.63) is 76.9 Å². The van der Waals surface area contributed by atoms with Crippen molar-refractivity contribution in [2.45, 2.75) is 39.5 Å². The van der Waals surface area contributed by atoms with Crippen LogP contribution in [0.1, 0.15) is 53.1 Å². The molecular weight excluding hydrogens is 447 g/mol. The topological polar surface area (TPSA) is 87.5 Å². The van der Waals surface area contributed by atoms with Crippen LogP contribution in [0.2, 0.25) is 0 Å². The number of halogens is 1. The average molecular weight is 479 g/mol. The van der Waals surface area contributed by atoms with E-state index in [1.165, 1.54) is 6.07 Å². The smallest absolute Gasteiger partial charge is 0.261 e. The van der Waals surface area contributed by atoms with Gasteiger partial charge in [0, 0.05) is 25.3 Å². The number of carbonyl (C=O) groups is 2. The van der Waals surface area contributed by atoms with Crippen molar-refractivity contribution in [3.63, 3.8) is 0 Å². The van der Waals surface area contributed by atoms with E-state index in [-0.39, 0.29) is 23.7 Å². The first-order chi connectivity index (χ1) is 16.9. The van der Waals surface area contributed by atoms with Gasteiger partial charge >= 0.3 is 0 Å². The summed E-state index contributed by atoms with van der Waals surface area (Å²) in [6.45, 7) is 7.16. The van der Waals surface area contributed by atoms with Gasteiger partial charge in [-0.05, 0) is 63.3 Å². The Labute approximate surface area is 204 Å². The summed E-state index contributed by atoms with van der Waals surface area (Å²) in [5.41, 5.74) is 2.72. The number of carbonyl (C=O) groups excluding carboxylic acids is 2. The summed E-state index contributed by atoms with van der Waals surface area (Å²) < 4.78 is 20.1. The van der Waals surface area contributed by atoms with Crippen LogP contribution in [-0.2, 0) is 4.79 Å². The lowest BCUT2D eigenvalue weighted by Gasteiger charge is -2.37. The largest absolute Gasteiger partial charge is 0.369 e. The zero-order valence-electron chi connectivity index (χ0n) is 20.3. The first kappa shape index (κ1) is 24.4. The lowest BCUT2D eigenvalue weighted by molar-refractivity contribution is -0.123. The highest BCUT2D eigenvalue weighted by molar-refractivity contribution is 6.05. The summed E-state index contributed by atoms with van der Waals surface area (Å²) in [4.78, 5) is 27.4. The fraction of sp³-hybridized carbons (Fsp3) is 0.370. The molecule has 1 aliphatic rings. The summed E-state index contributed by atoms with van der Waals surface area (Å²) in [5, 5.41) is 9.48. The molecule has 8 heteroatoms. The number of hydrogen-bond acceptors (Lipinski definition) is 5. The molecule has 184 valence electrons. The Morgan fingerprint density at radius 1 is 1.14 bits per heavy atom. The molecule has 3 aromatic rings. The maximum Gasteiger partial charge on any atom is 0.261 e. The van der Waals surface area contributed by atoms with E-state index in [1.54, 1.807) is 26.0 Å². The number of anilines is 2. The van der Waals surface area contributed by atoms with Crippen LogP contribution in [0.4, 0.5) is 15.8 Å². The molecule has 2 N–H and O–H groups in total. The number of likely N-dealkylation sites (N-methyl/N-ethyl adjacent to an activating group) is 1. The van der Waals surface area contributed by atoms with E-state index >= 15 is 4.39 Å². The van der Waals surface area contributed by atoms with Gasteiger partial charge in [-0.2, -0.15) is 0 Å². The van der Waals surface area contributed by atoms with Gasteiger partial charge in [-0.15, -0.1) is 0 Å². The predicted octanol–water partition coefficient (Wildman–Crippen LogP) is 4.82. The molecule has 7 nitrogen and oxygen atoms in total. The quantitative estimate of drug-likeness (QED) is 0.508. The summed E-state index contributed by atoms with van der Waals surface area (Å²) in [7, 11) is 0. The van der Waals surface area contributed by atoms with Crippen molar-refractivity contribution in [2.24, 2.45) is 5.92 Å². The Morgan fingerprint density at radius 2 is 1.86 bits per heavy atom. The van der Waals surface area contributed by atoms with Crippen LogP contribution in [0, 0.1) is 25.6 Å². The van der Waals surface area contributed by atoms with Gasteiger partial charge in [-0.3, -0.25) is 9.59 Å². The normalized spacial score (nSPS) is 15.0. The highest BCUT2D eigenvalue weighted by Crippen LogP contribution is 2.35. The number of hydrogen-bond donors (Lipinski definition) is 2. The minimum Gasteiger partial charge on any atom is -0.369 e. The maximum absolute atomic E-state index is 15.0. The molecule has 1 unspecified atom stereocenters. The maximum atomic E-state index is 15.0. The monoisotopic (exact) mass is 478 g/mol. The molecule has 0 aliphatic carbocycles. The van der Waals surface area contributed by atoms with Crippen molar-refractivity contribution >= 4 is 23.2 Å². The second-order valence-electron chi connectivity index (χ2n) is 8.93. The molecule has 0 radical (unpaired) electrons. The predicted molar refractivity (Wildman–Crippen MR) is 133 cm³/mol. The number of aryl methyl sites for hydroxylation is 2. The Kier molecular flexibility index (Phi) is 7.48.